The third-order valence-electron chi connectivity index (χ3n) is 2.37. The number of fused-ring (bicyclic) bond motifs is 1. The summed E-state index contributed by atoms with van der Waals surface area (Å²) >= 11 is 1.46. The third kappa shape index (κ3) is 1.44. The second-order valence-electron chi connectivity index (χ2n) is 3.40. The zero-order chi connectivity index (χ0) is 11.0. The number of thiazole rings is 1. The molecule has 2 heterocycles. The molecular formula is C12H8N2OS. The van der Waals surface area contributed by atoms with Crippen LogP contribution in [0.4, 0.5) is 0 Å². The minimum atomic E-state index is -0.0369. The van der Waals surface area contributed by atoms with Gasteiger partial charge in [-0.2, -0.15) is 0 Å². The molecule has 0 amide bonds. The SMILES string of the molecule is O=c1cc(-c2ccccc2)nc2sccn12. The van der Waals surface area contributed by atoms with Gasteiger partial charge in [-0.25, -0.2) is 4.98 Å². The maximum absolute atomic E-state index is 11.8. The van der Waals surface area contributed by atoms with Gasteiger partial charge in [0.05, 0.1) is 5.69 Å². The minimum Gasteiger partial charge on any atom is -0.269 e. The molecule has 1 aromatic carbocycles. The van der Waals surface area contributed by atoms with Gasteiger partial charge in [0, 0.05) is 23.2 Å². The molecule has 0 bridgehead atoms. The Labute approximate surface area is 95.6 Å². The molecular weight excluding hydrogens is 220 g/mol. The summed E-state index contributed by atoms with van der Waals surface area (Å²) in [4.78, 5) is 16.9. The van der Waals surface area contributed by atoms with E-state index in [-0.39, 0.29) is 5.56 Å². The molecule has 0 unspecified atom stereocenters. The van der Waals surface area contributed by atoms with Gasteiger partial charge in [0.2, 0.25) is 0 Å². The Balaban J connectivity index is 2.30. The fourth-order valence-corrected chi connectivity index (χ4v) is 2.32. The topological polar surface area (TPSA) is 34.4 Å². The highest BCUT2D eigenvalue weighted by molar-refractivity contribution is 7.15. The summed E-state index contributed by atoms with van der Waals surface area (Å²) in [5.74, 6) is 0. The average Bonchev–Trinajstić information content (AvgIpc) is 2.79. The van der Waals surface area contributed by atoms with E-state index >= 15 is 0 Å². The smallest absolute Gasteiger partial charge is 0.259 e. The van der Waals surface area contributed by atoms with Crippen LogP contribution in [-0.4, -0.2) is 9.38 Å². The van der Waals surface area contributed by atoms with Crippen LogP contribution in [0.15, 0.2) is 52.8 Å². The average molecular weight is 228 g/mol. The van der Waals surface area contributed by atoms with Gasteiger partial charge >= 0.3 is 0 Å². The molecule has 3 rings (SSSR count). The van der Waals surface area contributed by atoms with Crippen molar-refractivity contribution in [3.63, 3.8) is 0 Å². The van der Waals surface area contributed by atoms with Crippen molar-refractivity contribution in [1.82, 2.24) is 9.38 Å². The summed E-state index contributed by atoms with van der Waals surface area (Å²) in [6.45, 7) is 0. The Morgan fingerprint density at radius 3 is 2.81 bits per heavy atom. The van der Waals surface area contributed by atoms with Gasteiger partial charge in [0.1, 0.15) is 0 Å². The van der Waals surface area contributed by atoms with E-state index in [9.17, 15) is 4.79 Å². The maximum atomic E-state index is 11.8. The monoisotopic (exact) mass is 228 g/mol. The molecule has 0 aliphatic rings. The molecule has 0 N–H and O–H groups in total. The maximum Gasteiger partial charge on any atom is 0.259 e. The Hall–Kier alpha value is -1.94. The molecule has 0 aliphatic heterocycles. The fraction of sp³-hybridized carbons (Fsp3) is 0. The lowest BCUT2D eigenvalue weighted by atomic mass is 10.1. The molecule has 2 aromatic heterocycles. The van der Waals surface area contributed by atoms with E-state index in [1.54, 1.807) is 16.7 Å². The summed E-state index contributed by atoms with van der Waals surface area (Å²) in [7, 11) is 0. The van der Waals surface area contributed by atoms with Crippen molar-refractivity contribution < 1.29 is 0 Å². The van der Waals surface area contributed by atoms with Crippen LogP contribution in [-0.2, 0) is 0 Å². The van der Waals surface area contributed by atoms with Crippen molar-refractivity contribution in [2.24, 2.45) is 0 Å². The lowest BCUT2D eigenvalue weighted by Crippen LogP contribution is -2.11. The Bertz CT molecular complexity index is 685. The second kappa shape index (κ2) is 3.57. The molecule has 0 fully saturated rings. The van der Waals surface area contributed by atoms with Crippen LogP contribution in [0, 0.1) is 0 Å². The van der Waals surface area contributed by atoms with Gasteiger partial charge < -0.3 is 0 Å². The van der Waals surface area contributed by atoms with Crippen LogP contribution in [0.1, 0.15) is 0 Å². The standard InChI is InChI=1S/C12H8N2OS/c15-11-8-10(9-4-2-1-3-5-9)13-12-14(11)6-7-16-12/h1-8H. The summed E-state index contributed by atoms with van der Waals surface area (Å²) in [6, 6.07) is 11.3. The number of aromatic nitrogens is 2. The van der Waals surface area contributed by atoms with Crippen molar-refractivity contribution in [2.45, 2.75) is 0 Å². The third-order valence-corrected chi connectivity index (χ3v) is 3.13. The number of benzene rings is 1. The first-order chi connectivity index (χ1) is 7.84. The van der Waals surface area contributed by atoms with Crippen LogP contribution < -0.4 is 5.56 Å². The van der Waals surface area contributed by atoms with Crippen LogP contribution >= 0.6 is 11.3 Å². The molecule has 16 heavy (non-hydrogen) atoms. The van der Waals surface area contributed by atoms with E-state index in [2.05, 4.69) is 4.98 Å². The lowest BCUT2D eigenvalue weighted by Gasteiger charge is -1.99. The van der Waals surface area contributed by atoms with E-state index in [1.165, 1.54) is 11.3 Å². The number of nitrogens with zero attached hydrogens (tertiary/aromatic N) is 2. The fourth-order valence-electron chi connectivity index (χ4n) is 1.60. The Kier molecular flexibility index (Phi) is 2.08. The molecule has 4 heteroatoms. The predicted molar refractivity (Wildman–Crippen MR) is 64.8 cm³/mol. The van der Waals surface area contributed by atoms with Crippen LogP contribution in [0.5, 0.6) is 0 Å². The van der Waals surface area contributed by atoms with Crippen molar-refractivity contribution in [3.05, 3.63) is 58.3 Å². The first kappa shape index (κ1) is 9.30. The molecule has 0 aliphatic carbocycles. The molecule has 0 spiro atoms. The summed E-state index contributed by atoms with van der Waals surface area (Å²) in [6.07, 6.45) is 1.74. The van der Waals surface area contributed by atoms with E-state index in [4.69, 9.17) is 0 Å². The van der Waals surface area contributed by atoms with Crippen LogP contribution in [0.2, 0.25) is 0 Å². The highest BCUT2D eigenvalue weighted by Crippen LogP contribution is 2.16. The highest BCUT2D eigenvalue weighted by atomic mass is 32.1. The molecule has 3 nitrogen and oxygen atoms in total. The van der Waals surface area contributed by atoms with E-state index < -0.39 is 0 Å². The molecule has 0 saturated carbocycles. The van der Waals surface area contributed by atoms with Gasteiger partial charge in [-0.3, -0.25) is 9.20 Å². The Morgan fingerprint density at radius 1 is 1.19 bits per heavy atom. The number of hydrogen-bond acceptors (Lipinski definition) is 3. The van der Waals surface area contributed by atoms with Gasteiger partial charge in [-0.15, -0.1) is 11.3 Å². The summed E-state index contributed by atoms with van der Waals surface area (Å²) in [5, 5.41) is 1.86. The lowest BCUT2D eigenvalue weighted by molar-refractivity contribution is 1.08. The minimum absolute atomic E-state index is 0.0369. The van der Waals surface area contributed by atoms with Crippen LogP contribution in [0.25, 0.3) is 16.2 Å². The van der Waals surface area contributed by atoms with E-state index in [1.807, 2.05) is 35.7 Å². The summed E-state index contributed by atoms with van der Waals surface area (Å²) in [5.41, 5.74) is 1.66. The van der Waals surface area contributed by atoms with Crippen molar-refractivity contribution in [2.75, 3.05) is 0 Å². The van der Waals surface area contributed by atoms with Crippen molar-refractivity contribution in [3.8, 4) is 11.3 Å². The van der Waals surface area contributed by atoms with Crippen molar-refractivity contribution >= 4 is 16.3 Å². The normalized spacial score (nSPS) is 10.8. The summed E-state index contributed by atoms with van der Waals surface area (Å²) < 4.78 is 1.55. The van der Waals surface area contributed by atoms with Crippen molar-refractivity contribution in [1.29, 1.82) is 0 Å². The number of rotatable bonds is 1. The Morgan fingerprint density at radius 2 is 2.00 bits per heavy atom. The quantitative estimate of drug-likeness (QED) is 0.641. The molecule has 78 valence electrons. The van der Waals surface area contributed by atoms with Gasteiger partial charge in [-0.1, -0.05) is 30.3 Å². The highest BCUT2D eigenvalue weighted by Gasteiger charge is 2.04. The van der Waals surface area contributed by atoms with Gasteiger partial charge in [-0.05, 0) is 0 Å². The van der Waals surface area contributed by atoms with E-state index in [0.29, 0.717) is 0 Å². The first-order valence-corrected chi connectivity index (χ1v) is 5.75. The predicted octanol–water partition coefficient (Wildman–Crippen LogP) is 2.42. The number of hydrogen-bond donors (Lipinski definition) is 0. The second-order valence-corrected chi connectivity index (χ2v) is 4.27. The van der Waals surface area contributed by atoms with Gasteiger partial charge in [0.15, 0.2) is 4.96 Å². The molecule has 0 atom stereocenters. The van der Waals surface area contributed by atoms with Crippen LogP contribution in [0.3, 0.4) is 0 Å². The molecule has 0 saturated heterocycles. The zero-order valence-electron chi connectivity index (χ0n) is 8.33. The first-order valence-electron chi connectivity index (χ1n) is 4.87. The molecule has 0 radical (unpaired) electrons. The zero-order valence-corrected chi connectivity index (χ0v) is 9.15. The largest absolute Gasteiger partial charge is 0.269 e. The molecule has 3 aromatic rings. The van der Waals surface area contributed by atoms with E-state index in [0.717, 1.165) is 16.2 Å². The van der Waals surface area contributed by atoms with Gasteiger partial charge in [0.25, 0.3) is 5.56 Å².